The quantitative estimate of drug-likeness (QED) is 0.297. The highest BCUT2D eigenvalue weighted by Gasteiger charge is 2.30. The third-order valence-corrected chi connectivity index (χ3v) is 6.32. The van der Waals surface area contributed by atoms with Gasteiger partial charge in [-0.2, -0.15) is 13.2 Å². The van der Waals surface area contributed by atoms with Gasteiger partial charge in [-0.05, 0) is 61.8 Å². The summed E-state index contributed by atoms with van der Waals surface area (Å²) in [7, 11) is 0. The van der Waals surface area contributed by atoms with Gasteiger partial charge in [-0.15, -0.1) is 0 Å². The molecule has 8 heteroatoms. The molecule has 0 saturated heterocycles. The van der Waals surface area contributed by atoms with Crippen molar-refractivity contribution in [2.45, 2.75) is 51.8 Å². The first-order valence-electron chi connectivity index (χ1n) is 11.5. The molecule has 2 aromatic carbocycles. The van der Waals surface area contributed by atoms with Crippen molar-refractivity contribution < 1.29 is 18.3 Å². The smallest absolute Gasteiger partial charge is 0.387 e. The van der Waals surface area contributed by atoms with E-state index < -0.39 is 17.8 Å². The number of rotatable bonds is 10. The molecule has 1 N–H and O–H groups in total. The van der Waals surface area contributed by atoms with Crippen LogP contribution in [0, 0.1) is 0 Å². The number of pyridine rings is 1. The minimum atomic E-state index is -4.42. The van der Waals surface area contributed by atoms with Gasteiger partial charge in [-0.25, -0.2) is 4.98 Å². The lowest BCUT2D eigenvalue weighted by Gasteiger charge is -2.26. The highest BCUT2D eigenvalue weighted by molar-refractivity contribution is 6.38. The Balaban J connectivity index is 2.05. The summed E-state index contributed by atoms with van der Waals surface area (Å²) in [4.78, 5) is 6.85. The highest BCUT2D eigenvalue weighted by Crippen LogP contribution is 2.36. The monoisotopic (exact) mass is 512 g/mol. The van der Waals surface area contributed by atoms with Gasteiger partial charge < -0.3 is 10.0 Å². The van der Waals surface area contributed by atoms with Crippen LogP contribution in [0.25, 0.3) is 22.2 Å². The Kier molecular flexibility index (Phi) is 9.21. The lowest BCUT2D eigenvalue weighted by atomic mass is 9.99. The van der Waals surface area contributed by atoms with Crippen LogP contribution in [0.2, 0.25) is 10.0 Å². The van der Waals surface area contributed by atoms with Crippen molar-refractivity contribution in [3.05, 3.63) is 63.6 Å². The fourth-order valence-corrected chi connectivity index (χ4v) is 4.47. The van der Waals surface area contributed by atoms with Crippen molar-refractivity contribution in [2.75, 3.05) is 19.6 Å². The number of halogens is 5. The van der Waals surface area contributed by atoms with E-state index in [9.17, 15) is 18.3 Å². The summed E-state index contributed by atoms with van der Waals surface area (Å²) in [5.41, 5.74) is 1.26. The fraction of sp³-hybridized carbons (Fsp3) is 0.423. The Labute approximate surface area is 208 Å². The summed E-state index contributed by atoms with van der Waals surface area (Å²) in [5.74, 6) is 0. The van der Waals surface area contributed by atoms with Crippen LogP contribution in [0.5, 0.6) is 0 Å². The molecule has 0 unspecified atom stereocenters. The van der Waals surface area contributed by atoms with E-state index in [0.29, 0.717) is 44.3 Å². The molecular formula is C26H29Cl2F3N2O. The van der Waals surface area contributed by atoms with Crippen molar-refractivity contribution >= 4 is 34.1 Å². The minimum absolute atomic E-state index is 0.318. The third-order valence-electron chi connectivity index (χ3n) is 5.82. The third kappa shape index (κ3) is 6.63. The molecule has 184 valence electrons. The summed E-state index contributed by atoms with van der Waals surface area (Å²) < 4.78 is 39.0. The molecule has 1 heterocycles. The normalized spacial score (nSPS) is 13.1. The van der Waals surface area contributed by atoms with E-state index in [1.807, 2.05) is 0 Å². The minimum Gasteiger partial charge on any atom is -0.387 e. The summed E-state index contributed by atoms with van der Waals surface area (Å²) in [5, 5.41) is 12.7. The molecule has 0 aliphatic rings. The van der Waals surface area contributed by atoms with Gasteiger partial charge in [0.25, 0.3) is 0 Å². The van der Waals surface area contributed by atoms with Crippen molar-refractivity contribution in [2.24, 2.45) is 0 Å². The summed E-state index contributed by atoms with van der Waals surface area (Å²) in [6.45, 7) is 6.44. The predicted molar refractivity (Wildman–Crippen MR) is 133 cm³/mol. The molecule has 0 aliphatic heterocycles. The van der Waals surface area contributed by atoms with Crippen molar-refractivity contribution in [3.63, 3.8) is 0 Å². The number of fused-ring (bicyclic) bond motifs is 1. The molecule has 3 rings (SSSR count). The Morgan fingerprint density at radius 3 is 2.15 bits per heavy atom. The zero-order valence-electron chi connectivity index (χ0n) is 19.3. The number of benzene rings is 2. The molecule has 0 spiro atoms. The number of unbranched alkanes of at least 4 members (excludes halogenated alkanes) is 2. The first-order valence-corrected chi connectivity index (χ1v) is 12.3. The van der Waals surface area contributed by atoms with Crippen LogP contribution < -0.4 is 0 Å². The lowest BCUT2D eigenvalue weighted by Crippen LogP contribution is -2.31. The Bertz CT molecular complexity index is 1100. The van der Waals surface area contributed by atoms with Gasteiger partial charge >= 0.3 is 6.18 Å². The van der Waals surface area contributed by atoms with Crippen LogP contribution >= 0.6 is 23.2 Å². The second kappa shape index (κ2) is 11.7. The number of hydrogen-bond donors (Lipinski definition) is 1. The molecule has 0 aliphatic carbocycles. The van der Waals surface area contributed by atoms with E-state index in [0.717, 1.165) is 50.9 Å². The molecule has 0 amide bonds. The van der Waals surface area contributed by atoms with Crippen LogP contribution in [0.3, 0.4) is 0 Å². The number of aromatic nitrogens is 1. The van der Waals surface area contributed by atoms with Gasteiger partial charge in [0.1, 0.15) is 0 Å². The number of hydrogen-bond acceptors (Lipinski definition) is 3. The van der Waals surface area contributed by atoms with Crippen molar-refractivity contribution in [1.82, 2.24) is 9.88 Å². The van der Waals surface area contributed by atoms with E-state index in [1.165, 1.54) is 12.1 Å². The van der Waals surface area contributed by atoms with Crippen LogP contribution in [0.15, 0.2) is 42.5 Å². The summed E-state index contributed by atoms with van der Waals surface area (Å²) in [6, 6.07) is 9.82. The standard InChI is InChI=1S/C26H29Cl2F3N2O/c1-3-5-11-33(12-6-4-2)16-24(34)20-15-23(17-7-9-18(10-8-17)26(29,30)31)32-25-21(20)13-19(27)14-22(25)28/h7-10,13-15,24,34H,3-6,11-12,16H2,1-2H3/t24-/m0/s1. The van der Waals surface area contributed by atoms with Gasteiger partial charge in [0.05, 0.1) is 27.9 Å². The molecule has 1 atom stereocenters. The average molecular weight is 513 g/mol. The maximum absolute atomic E-state index is 13.0. The van der Waals surface area contributed by atoms with Crippen LogP contribution in [0.4, 0.5) is 13.2 Å². The lowest BCUT2D eigenvalue weighted by molar-refractivity contribution is -0.137. The summed E-state index contributed by atoms with van der Waals surface area (Å²) in [6.07, 6.45) is -1.09. The van der Waals surface area contributed by atoms with Crippen LogP contribution in [0.1, 0.15) is 56.8 Å². The number of aliphatic hydroxyl groups is 1. The van der Waals surface area contributed by atoms with Crippen molar-refractivity contribution in [1.29, 1.82) is 0 Å². The second-order valence-corrected chi connectivity index (χ2v) is 9.32. The maximum Gasteiger partial charge on any atom is 0.416 e. The fourth-order valence-electron chi connectivity index (χ4n) is 3.93. The van der Waals surface area contributed by atoms with Gasteiger partial charge in [0, 0.05) is 22.5 Å². The average Bonchev–Trinajstić information content (AvgIpc) is 2.79. The molecule has 0 saturated carbocycles. The van der Waals surface area contributed by atoms with Gasteiger partial charge in [0.15, 0.2) is 0 Å². The molecular weight excluding hydrogens is 484 g/mol. The molecule has 1 aromatic heterocycles. The maximum atomic E-state index is 13.0. The molecule has 0 radical (unpaired) electrons. The number of aliphatic hydroxyl groups excluding tert-OH is 1. The second-order valence-electron chi connectivity index (χ2n) is 8.48. The molecule has 3 aromatic rings. The summed E-state index contributed by atoms with van der Waals surface area (Å²) >= 11 is 12.7. The SMILES string of the molecule is CCCCN(CCCC)C[C@H](O)c1cc(-c2ccc(C(F)(F)F)cc2)nc2c(Cl)cc(Cl)cc12. The Morgan fingerprint density at radius 2 is 1.59 bits per heavy atom. The Hall–Kier alpha value is -1.86. The highest BCUT2D eigenvalue weighted by atomic mass is 35.5. The zero-order chi connectivity index (χ0) is 24.9. The molecule has 0 fully saturated rings. The first kappa shape index (κ1) is 26.7. The number of nitrogens with zero attached hydrogens (tertiary/aromatic N) is 2. The van der Waals surface area contributed by atoms with E-state index in [-0.39, 0.29) is 0 Å². The van der Waals surface area contributed by atoms with E-state index >= 15 is 0 Å². The van der Waals surface area contributed by atoms with Crippen LogP contribution in [-0.2, 0) is 6.18 Å². The van der Waals surface area contributed by atoms with Gasteiger partial charge in [-0.3, -0.25) is 0 Å². The van der Waals surface area contributed by atoms with E-state index in [2.05, 4.69) is 23.7 Å². The Morgan fingerprint density at radius 1 is 0.971 bits per heavy atom. The van der Waals surface area contributed by atoms with E-state index in [4.69, 9.17) is 23.2 Å². The molecule has 0 bridgehead atoms. The number of alkyl halides is 3. The van der Waals surface area contributed by atoms with Crippen molar-refractivity contribution in [3.8, 4) is 11.3 Å². The van der Waals surface area contributed by atoms with Gasteiger partial charge in [-0.1, -0.05) is 62.0 Å². The van der Waals surface area contributed by atoms with Crippen LogP contribution in [-0.4, -0.2) is 34.6 Å². The molecule has 3 nitrogen and oxygen atoms in total. The largest absolute Gasteiger partial charge is 0.416 e. The van der Waals surface area contributed by atoms with Gasteiger partial charge in [0.2, 0.25) is 0 Å². The molecule has 34 heavy (non-hydrogen) atoms. The van der Waals surface area contributed by atoms with E-state index in [1.54, 1.807) is 18.2 Å². The first-order chi connectivity index (χ1) is 16.1. The topological polar surface area (TPSA) is 36.4 Å². The zero-order valence-corrected chi connectivity index (χ0v) is 20.8. The predicted octanol–water partition coefficient (Wildman–Crippen LogP) is 8.16.